The minimum absolute atomic E-state index is 0.0606. The fraction of sp³-hybridized carbons (Fsp3) is 1.00. The molecule has 0 aliphatic heterocycles. The van der Waals surface area contributed by atoms with Gasteiger partial charge in [-0.15, -0.1) is 0 Å². The monoisotopic (exact) mass is 227 g/mol. The van der Waals surface area contributed by atoms with Crippen LogP contribution in [0.25, 0.3) is 0 Å². The van der Waals surface area contributed by atoms with Gasteiger partial charge in [-0.3, -0.25) is 0 Å². The maximum Gasteiger partial charge on any atom is 0.389 e. The Morgan fingerprint density at radius 3 is 2.33 bits per heavy atom. The van der Waals surface area contributed by atoms with E-state index in [4.69, 9.17) is 4.74 Å². The van der Waals surface area contributed by atoms with Crippen molar-refractivity contribution in [2.45, 2.75) is 44.8 Å². The van der Waals surface area contributed by atoms with Crippen molar-refractivity contribution >= 4 is 0 Å². The van der Waals surface area contributed by atoms with Crippen molar-refractivity contribution in [2.24, 2.45) is 0 Å². The molecule has 1 N–H and O–H groups in total. The largest absolute Gasteiger partial charge is 0.389 e. The van der Waals surface area contributed by atoms with Crippen LogP contribution in [0.3, 0.4) is 0 Å². The van der Waals surface area contributed by atoms with E-state index in [9.17, 15) is 13.2 Å². The van der Waals surface area contributed by atoms with Gasteiger partial charge in [0.15, 0.2) is 0 Å². The molecule has 0 rings (SSSR count). The summed E-state index contributed by atoms with van der Waals surface area (Å²) in [7, 11) is 1.88. The van der Waals surface area contributed by atoms with Gasteiger partial charge in [0.2, 0.25) is 0 Å². The lowest BCUT2D eigenvalue weighted by Gasteiger charge is -2.10. The van der Waals surface area contributed by atoms with Crippen molar-refractivity contribution in [2.75, 3.05) is 20.3 Å². The molecular formula is C10H20F3NO. The molecule has 0 spiro atoms. The topological polar surface area (TPSA) is 21.3 Å². The molecule has 0 aliphatic carbocycles. The first kappa shape index (κ1) is 14.7. The first-order valence-electron chi connectivity index (χ1n) is 5.27. The highest BCUT2D eigenvalue weighted by Gasteiger charge is 2.25. The van der Waals surface area contributed by atoms with Crippen LogP contribution in [0.4, 0.5) is 13.2 Å². The summed E-state index contributed by atoms with van der Waals surface area (Å²) in [5.74, 6) is 0. The molecule has 0 aromatic rings. The van der Waals surface area contributed by atoms with Crippen molar-refractivity contribution < 1.29 is 17.9 Å². The Bertz CT molecular complexity index is 150. The van der Waals surface area contributed by atoms with Crippen LogP contribution in [0.2, 0.25) is 0 Å². The molecule has 0 saturated carbocycles. The Hall–Kier alpha value is -0.290. The SMILES string of the molecule is CNC(C)CCCOCCCC(F)(F)F. The summed E-state index contributed by atoms with van der Waals surface area (Å²) in [6, 6.07) is 0.434. The molecule has 15 heavy (non-hydrogen) atoms. The summed E-state index contributed by atoms with van der Waals surface area (Å²) < 4.78 is 40.3. The number of nitrogens with one attached hydrogen (secondary N) is 1. The van der Waals surface area contributed by atoms with E-state index in [1.54, 1.807) is 0 Å². The van der Waals surface area contributed by atoms with Gasteiger partial charge in [0.25, 0.3) is 0 Å². The van der Waals surface area contributed by atoms with E-state index in [1.165, 1.54) is 0 Å². The summed E-state index contributed by atoms with van der Waals surface area (Å²) in [6.45, 7) is 2.81. The first-order chi connectivity index (χ1) is 6.95. The molecule has 0 aromatic carbocycles. The summed E-state index contributed by atoms with van der Waals surface area (Å²) in [5.41, 5.74) is 0. The molecule has 0 aromatic heterocycles. The van der Waals surface area contributed by atoms with Crippen LogP contribution >= 0.6 is 0 Å². The van der Waals surface area contributed by atoms with Crippen LogP contribution in [0, 0.1) is 0 Å². The molecule has 0 heterocycles. The highest BCUT2D eigenvalue weighted by molar-refractivity contribution is 4.56. The van der Waals surface area contributed by atoms with E-state index in [0.717, 1.165) is 12.8 Å². The van der Waals surface area contributed by atoms with Crippen LogP contribution in [0.15, 0.2) is 0 Å². The average Bonchev–Trinajstić information content (AvgIpc) is 2.14. The molecule has 1 unspecified atom stereocenters. The minimum atomic E-state index is -4.05. The van der Waals surface area contributed by atoms with Gasteiger partial charge in [0, 0.05) is 25.7 Å². The molecular weight excluding hydrogens is 207 g/mol. The number of alkyl halides is 3. The number of halogens is 3. The van der Waals surface area contributed by atoms with Gasteiger partial charge < -0.3 is 10.1 Å². The van der Waals surface area contributed by atoms with E-state index in [0.29, 0.717) is 12.6 Å². The van der Waals surface area contributed by atoms with Gasteiger partial charge in [-0.05, 0) is 33.2 Å². The standard InChI is InChI=1S/C10H20F3NO/c1-9(14-2)5-3-7-15-8-4-6-10(11,12)13/h9,14H,3-8H2,1-2H3. The number of hydrogen-bond donors (Lipinski definition) is 1. The Labute approximate surface area is 89.2 Å². The zero-order chi connectivity index (χ0) is 11.7. The smallest absolute Gasteiger partial charge is 0.381 e. The van der Waals surface area contributed by atoms with Gasteiger partial charge in [-0.25, -0.2) is 0 Å². The third-order valence-electron chi connectivity index (χ3n) is 2.17. The summed E-state index contributed by atoms with van der Waals surface area (Å²) in [6.07, 6.45) is -2.88. The fourth-order valence-electron chi connectivity index (χ4n) is 1.11. The summed E-state index contributed by atoms with van der Waals surface area (Å²) in [5, 5.41) is 3.08. The molecule has 0 saturated heterocycles. The van der Waals surface area contributed by atoms with E-state index in [1.807, 2.05) is 7.05 Å². The Kier molecular flexibility index (Phi) is 7.78. The highest BCUT2D eigenvalue weighted by atomic mass is 19.4. The van der Waals surface area contributed by atoms with E-state index < -0.39 is 12.6 Å². The molecule has 0 amide bonds. The molecule has 0 radical (unpaired) electrons. The molecule has 0 bridgehead atoms. The molecule has 5 heteroatoms. The lowest BCUT2D eigenvalue weighted by atomic mass is 10.2. The molecule has 0 fully saturated rings. The third-order valence-corrected chi connectivity index (χ3v) is 2.17. The van der Waals surface area contributed by atoms with Gasteiger partial charge >= 0.3 is 6.18 Å². The van der Waals surface area contributed by atoms with Crippen LogP contribution in [0.1, 0.15) is 32.6 Å². The highest BCUT2D eigenvalue weighted by Crippen LogP contribution is 2.20. The normalized spacial score (nSPS) is 14.2. The number of hydrogen-bond acceptors (Lipinski definition) is 2. The van der Waals surface area contributed by atoms with E-state index >= 15 is 0 Å². The van der Waals surface area contributed by atoms with Gasteiger partial charge in [0.1, 0.15) is 0 Å². The van der Waals surface area contributed by atoms with Crippen molar-refractivity contribution in [1.29, 1.82) is 0 Å². The predicted molar refractivity (Wildman–Crippen MR) is 53.9 cm³/mol. The molecule has 92 valence electrons. The summed E-state index contributed by atoms with van der Waals surface area (Å²) in [4.78, 5) is 0. The van der Waals surface area contributed by atoms with Crippen LogP contribution in [0.5, 0.6) is 0 Å². The predicted octanol–water partition coefficient (Wildman–Crippen LogP) is 2.73. The van der Waals surface area contributed by atoms with E-state index in [2.05, 4.69) is 12.2 Å². The first-order valence-corrected chi connectivity index (χ1v) is 5.27. The van der Waals surface area contributed by atoms with Crippen molar-refractivity contribution in [3.8, 4) is 0 Å². The zero-order valence-electron chi connectivity index (χ0n) is 9.36. The summed E-state index contributed by atoms with van der Waals surface area (Å²) >= 11 is 0. The lowest BCUT2D eigenvalue weighted by Crippen LogP contribution is -2.21. The quantitative estimate of drug-likeness (QED) is 0.644. The zero-order valence-corrected chi connectivity index (χ0v) is 9.36. The maximum atomic E-state index is 11.7. The van der Waals surface area contributed by atoms with E-state index in [-0.39, 0.29) is 13.0 Å². The van der Waals surface area contributed by atoms with Gasteiger partial charge in [-0.1, -0.05) is 0 Å². The second kappa shape index (κ2) is 7.93. The van der Waals surface area contributed by atoms with Crippen LogP contribution in [-0.4, -0.2) is 32.5 Å². The van der Waals surface area contributed by atoms with Crippen molar-refractivity contribution in [1.82, 2.24) is 5.32 Å². The average molecular weight is 227 g/mol. The second-order valence-corrected chi connectivity index (χ2v) is 3.66. The fourth-order valence-corrected chi connectivity index (χ4v) is 1.11. The minimum Gasteiger partial charge on any atom is -0.381 e. The molecule has 1 atom stereocenters. The molecule has 2 nitrogen and oxygen atoms in total. The maximum absolute atomic E-state index is 11.7. The Morgan fingerprint density at radius 2 is 1.80 bits per heavy atom. The van der Waals surface area contributed by atoms with Gasteiger partial charge in [-0.2, -0.15) is 13.2 Å². The Morgan fingerprint density at radius 1 is 1.20 bits per heavy atom. The van der Waals surface area contributed by atoms with Crippen LogP contribution < -0.4 is 5.32 Å². The third kappa shape index (κ3) is 11.6. The van der Waals surface area contributed by atoms with Crippen LogP contribution in [-0.2, 0) is 4.74 Å². The Balaban J connectivity index is 3.12. The van der Waals surface area contributed by atoms with Crippen molar-refractivity contribution in [3.05, 3.63) is 0 Å². The number of ether oxygens (including phenoxy) is 1. The van der Waals surface area contributed by atoms with Gasteiger partial charge in [0.05, 0.1) is 0 Å². The van der Waals surface area contributed by atoms with Crippen molar-refractivity contribution in [3.63, 3.8) is 0 Å². The second-order valence-electron chi connectivity index (χ2n) is 3.66. The lowest BCUT2D eigenvalue weighted by molar-refractivity contribution is -0.137. The number of rotatable bonds is 8. The molecule has 0 aliphatic rings.